The van der Waals surface area contributed by atoms with Gasteiger partial charge < -0.3 is 9.42 Å². The molecule has 5 heteroatoms. The fourth-order valence-electron chi connectivity index (χ4n) is 2.66. The van der Waals surface area contributed by atoms with Crippen molar-refractivity contribution in [1.82, 2.24) is 15.0 Å². The van der Waals surface area contributed by atoms with Crippen molar-refractivity contribution in [3.8, 4) is 0 Å². The minimum Gasteiger partial charge on any atom is -0.344 e. The van der Waals surface area contributed by atoms with Crippen molar-refractivity contribution < 1.29 is 4.52 Å². The highest BCUT2D eigenvalue weighted by Crippen LogP contribution is 2.32. The van der Waals surface area contributed by atoms with Crippen molar-refractivity contribution in [2.75, 3.05) is 25.5 Å². The molecule has 3 rings (SSSR count). The zero-order chi connectivity index (χ0) is 13.9. The number of likely N-dealkylation sites (tertiary alicyclic amines) is 1. The van der Waals surface area contributed by atoms with Crippen molar-refractivity contribution in [3.05, 3.63) is 41.8 Å². The predicted octanol–water partition coefficient (Wildman–Crippen LogP) is 2.47. The molecule has 0 spiro atoms. The lowest BCUT2D eigenvalue weighted by Crippen LogP contribution is -2.23. The molecular weight excluding hydrogens is 252 g/mol. The number of rotatable bonds is 4. The average Bonchev–Trinajstić information content (AvgIpc) is 3.08. The predicted molar refractivity (Wildman–Crippen MR) is 77.5 cm³/mol. The molecule has 1 saturated heterocycles. The molecule has 1 atom stereocenters. The molecule has 1 aliphatic rings. The molecular formula is C15H20N4O. The molecule has 0 amide bonds. The molecule has 106 valence electrons. The number of hydrogen-bond donors (Lipinski definition) is 0. The molecule has 0 unspecified atom stereocenters. The van der Waals surface area contributed by atoms with Gasteiger partial charge in [-0.3, -0.25) is 4.90 Å². The first-order valence-corrected chi connectivity index (χ1v) is 7.03. The number of benzene rings is 1. The van der Waals surface area contributed by atoms with Crippen LogP contribution in [0.3, 0.4) is 0 Å². The number of nitrogens with zero attached hydrogens (tertiary/aromatic N) is 4. The van der Waals surface area contributed by atoms with E-state index in [1.165, 1.54) is 12.0 Å². The molecule has 1 aliphatic heterocycles. The Kier molecular flexibility index (Phi) is 3.69. The normalized spacial score (nSPS) is 19.4. The van der Waals surface area contributed by atoms with E-state index in [1.807, 2.05) is 25.1 Å². The molecule has 0 saturated carbocycles. The molecule has 20 heavy (non-hydrogen) atoms. The maximum absolute atomic E-state index is 5.43. The molecule has 2 aromatic rings. The fourth-order valence-corrected chi connectivity index (χ4v) is 2.66. The summed E-state index contributed by atoms with van der Waals surface area (Å²) in [6.07, 6.45) is 2.26. The Hall–Kier alpha value is -1.88. The monoisotopic (exact) mass is 272 g/mol. The van der Waals surface area contributed by atoms with E-state index < -0.39 is 0 Å². The molecule has 0 radical (unpaired) electrons. The van der Waals surface area contributed by atoms with Crippen LogP contribution in [0.5, 0.6) is 0 Å². The zero-order valence-corrected chi connectivity index (χ0v) is 12.0. The van der Waals surface area contributed by atoms with Gasteiger partial charge in [0.15, 0.2) is 0 Å². The van der Waals surface area contributed by atoms with E-state index in [0.29, 0.717) is 5.95 Å². The zero-order valence-electron chi connectivity index (χ0n) is 12.0. The minimum atomic E-state index is 0.247. The van der Waals surface area contributed by atoms with Gasteiger partial charge in [-0.25, -0.2) is 0 Å². The Morgan fingerprint density at radius 1 is 1.30 bits per heavy atom. The quantitative estimate of drug-likeness (QED) is 0.855. The summed E-state index contributed by atoms with van der Waals surface area (Å²) in [5.41, 5.74) is 1.33. The average molecular weight is 272 g/mol. The Labute approximate surface area is 119 Å². The van der Waals surface area contributed by atoms with E-state index in [4.69, 9.17) is 4.52 Å². The largest absolute Gasteiger partial charge is 0.344 e. The molecule has 1 aromatic heterocycles. The smallest absolute Gasteiger partial charge is 0.265 e. The Morgan fingerprint density at radius 2 is 2.10 bits per heavy atom. The SMILES string of the molecule is CN(C)c1noc([C@@H]2CCCN2Cc2ccccc2)n1. The van der Waals surface area contributed by atoms with E-state index >= 15 is 0 Å². The van der Waals surface area contributed by atoms with Crippen molar-refractivity contribution in [3.63, 3.8) is 0 Å². The first kappa shape index (κ1) is 13.1. The van der Waals surface area contributed by atoms with Crippen LogP contribution < -0.4 is 4.90 Å². The van der Waals surface area contributed by atoms with Crippen molar-refractivity contribution >= 4 is 5.95 Å². The van der Waals surface area contributed by atoms with Gasteiger partial charge in [-0.05, 0) is 30.1 Å². The summed E-state index contributed by atoms with van der Waals surface area (Å²) < 4.78 is 5.43. The van der Waals surface area contributed by atoms with E-state index in [9.17, 15) is 0 Å². The van der Waals surface area contributed by atoms with Gasteiger partial charge in [0, 0.05) is 20.6 Å². The molecule has 1 fully saturated rings. The summed E-state index contributed by atoms with van der Waals surface area (Å²) in [6.45, 7) is 2.02. The van der Waals surface area contributed by atoms with Gasteiger partial charge in [-0.1, -0.05) is 30.3 Å². The van der Waals surface area contributed by atoms with Crippen molar-refractivity contribution in [1.29, 1.82) is 0 Å². The fraction of sp³-hybridized carbons (Fsp3) is 0.467. The molecule has 1 aromatic carbocycles. The lowest BCUT2D eigenvalue weighted by Gasteiger charge is -2.21. The van der Waals surface area contributed by atoms with Crippen LogP contribution in [0.1, 0.15) is 30.3 Å². The summed E-state index contributed by atoms with van der Waals surface area (Å²) in [4.78, 5) is 8.77. The summed E-state index contributed by atoms with van der Waals surface area (Å²) >= 11 is 0. The van der Waals surface area contributed by atoms with Crippen LogP contribution in [-0.4, -0.2) is 35.7 Å². The van der Waals surface area contributed by atoms with Crippen LogP contribution >= 0.6 is 0 Å². The number of anilines is 1. The molecule has 0 aliphatic carbocycles. The van der Waals surface area contributed by atoms with Gasteiger partial charge in [0.1, 0.15) is 0 Å². The van der Waals surface area contributed by atoms with E-state index in [1.54, 1.807) is 0 Å². The highest BCUT2D eigenvalue weighted by molar-refractivity contribution is 5.24. The Bertz CT molecular complexity index is 552. The second kappa shape index (κ2) is 5.63. The maximum Gasteiger partial charge on any atom is 0.265 e. The lowest BCUT2D eigenvalue weighted by molar-refractivity contribution is 0.201. The van der Waals surface area contributed by atoms with Gasteiger partial charge in [0.2, 0.25) is 5.89 Å². The van der Waals surface area contributed by atoms with E-state index in [0.717, 1.165) is 25.4 Å². The summed E-state index contributed by atoms with van der Waals surface area (Å²) in [7, 11) is 3.84. The first-order chi connectivity index (χ1) is 9.74. The molecule has 2 heterocycles. The third-order valence-corrected chi connectivity index (χ3v) is 3.71. The summed E-state index contributed by atoms with van der Waals surface area (Å²) in [5, 5.41) is 4.01. The van der Waals surface area contributed by atoms with Gasteiger partial charge in [0.05, 0.1) is 6.04 Å². The third-order valence-electron chi connectivity index (χ3n) is 3.71. The molecule has 0 N–H and O–H groups in total. The molecule has 5 nitrogen and oxygen atoms in total. The van der Waals surface area contributed by atoms with Crippen LogP contribution in [0.15, 0.2) is 34.9 Å². The Morgan fingerprint density at radius 3 is 2.80 bits per heavy atom. The lowest BCUT2D eigenvalue weighted by atomic mass is 10.2. The first-order valence-electron chi connectivity index (χ1n) is 7.03. The topological polar surface area (TPSA) is 45.4 Å². The second-order valence-electron chi connectivity index (χ2n) is 5.44. The van der Waals surface area contributed by atoms with Gasteiger partial charge >= 0.3 is 0 Å². The molecule has 0 bridgehead atoms. The van der Waals surface area contributed by atoms with E-state index in [-0.39, 0.29) is 6.04 Å². The van der Waals surface area contributed by atoms with Crippen LogP contribution in [0.25, 0.3) is 0 Å². The van der Waals surface area contributed by atoms with Crippen molar-refractivity contribution in [2.45, 2.75) is 25.4 Å². The van der Waals surface area contributed by atoms with Gasteiger partial charge in [-0.2, -0.15) is 4.98 Å². The second-order valence-corrected chi connectivity index (χ2v) is 5.44. The van der Waals surface area contributed by atoms with Gasteiger partial charge in [-0.15, -0.1) is 0 Å². The Balaban J connectivity index is 1.74. The summed E-state index contributed by atoms with van der Waals surface area (Å²) in [5.74, 6) is 1.38. The van der Waals surface area contributed by atoms with Crippen molar-refractivity contribution in [2.24, 2.45) is 0 Å². The third kappa shape index (κ3) is 2.67. The number of aromatic nitrogens is 2. The van der Waals surface area contributed by atoms with Crippen LogP contribution in [-0.2, 0) is 6.54 Å². The van der Waals surface area contributed by atoms with Crippen LogP contribution in [0.4, 0.5) is 5.95 Å². The maximum atomic E-state index is 5.43. The van der Waals surface area contributed by atoms with Gasteiger partial charge in [0.25, 0.3) is 5.95 Å². The van der Waals surface area contributed by atoms with Crippen LogP contribution in [0, 0.1) is 0 Å². The highest BCUT2D eigenvalue weighted by Gasteiger charge is 2.30. The highest BCUT2D eigenvalue weighted by atomic mass is 16.5. The standard InChI is InChI=1S/C15H20N4O/c1-18(2)15-16-14(20-17-15)13-9-6-10-19(13)11-12-7-4-3-5-8-12/h3-5,7-8,13H,6,9-11H2,1-2H3/t13-/m0/s1. The van der Waals surface area contributed by atoms with E-state index in [2.05, 4.69) is 39.3 Å². The summed E-state index contributed by atoms with van der Waals surface area (Å²) in [6, 6.07) is 10.8. The van der Waals surface area contributed by atoms with Crippen LogP contribution in [0.2, 0.25) is 0 Å². The number of hydrogen-bond acceptors (Lipinski definition) is 5. The minimum absolute atomic E-state index is 0.247.